The van der Waals surface area contributed by atoms with Crippen molar-refractivity contribution < 1.29 is 13.7 Å². The van der Waals surface area contributed by atoms with Gasteiger partial charge in [-0.25, -0.2) is 0 Å². The minimum absolute atomic E-state index is 0.00139. The largest absolute Gasteiger partial charge is 0.461 e. The molecule has 25 heavy (non-hydrogen) atoms. The average Bonchev–Trinajstić information content (AvgIpc) is 3.13. The van der Waals surface area contributed by atoms with Gasteiger partial charge in [0, 0.05) is 12.8 Å². The Labute approximate surface area is 145 Å². The second-order valence-electron chi connectivity index (χ2n) is 6.28. The first-order valence-corrected chi connectivity index (χ1v) is 8.50. The molecule has 0 radical (unpaired) electrons. The number of aryl methyl sites for hydroxylation is 1. The third kappa shape index (κ3) is 3.79. The fourth-order valence-electron chi connectivity index (χ4n) is 2.89. The van der Waals surface area contributed by atoms with E-state index in [1.807, 2.05) is 18.2 Å². The zero-order valence-corrected chi connectivity index (χ0v) is 13.7. The highest BCUT2D eigenvalue weighted by Gasteiger charge is 2.33. The van der Waals surface area contributed by atoms with E-state index >= 15 is 0 Å². The maximum absolute atomic E-state index is 12.3. The Morgan fingerprint density at radius 3 is 2.76 bits per heavy atom. The Bertz CT molecular complexity index is 823. The van der Waals surface area contributed by atoms with Gasteiger partial charge in [-0.3, -0.25) is 4.79 Å². The Hall–Kier alpha value is -2.89. The molecule has 6 heteroatoms. The molecular weight excluding hydrogens is 318 g/mol. The van der Waals surface area contributed by atoms with Crippen LogP contribution in [0.15, 0.2) is 57.7 Å². The summed E-state index contributed by atoms with van der Waals surface area (Å²) in [7, 11) is 0. The molecule has 2 heterocycles. The molecule has 1 unspecified atom stereocenters. The fraction of sp³-hybridized carbons (Fsp3) is 0.316. The van der Waals surface area contributed by atoms with E-state index in [4.69, 9.17) is 8.94 Å². The molecule has 1 aliphatic rings. The summed E-state index contributed by atoms with van der Waals surface area (Å²) in [6.45, 7) is 0. The van der Waals surface area contributed by atoms with Crippen LogP contribution in [-0.4, -0.2) is 16.0 Å². The van der Waals surface area contributed by atoms with Crippen LogP contribution in [-0.2, 0) is 11.2 Å². The van der Waals surface area contributed by atoms with E-state index in [9.17, 15) is 4.79 Å². The van der Waals surface area contributed by atoms with E-state index in [2.05, 4.69) is 27.6 Å². The topological polar surface area (TPSA) is 81.2 Å². The summed E-state index contributed by atoms with van der Waals surface area (Å²) in [4.78, 5) is 16.6. The molecule has 3 aromatic rings. The highest BCUT2D eigenvalue weighted by Crippen LogP contribution is 2.40. The van der Waals surface area contributed by atoms with E-state index in [-0.39, 0.29) is 11.9 Å². The van der Waals surface area contributed by atoms with Crippen molar-refractivity contribution in [1.82, 2.24) is 15.5 Å². The van der Waals surface area contributed by atoms with Crippen molar-refractivity contribution >= 4 is 5.91 Å². The van der Waals surface area contributed by atoms with Crippen LogP contribution in [0.5, 0.6) is 0 Å². The quantitative estimate of drug-likeness (QED) is 0.713. The summed E-state index contributed by atoms with van der Waals surface area (Å²) >= 11 is 0. The van der Waals surface area contributed by atoms with Crippen LogP contribution in [0.2, 0.25) is 0 Å². The summed E-state index contributed by atoms with van der Waals surface area (Å²) in [6, 6.07) is 13.8. The molecule has 128 valence electrons. The molecule has 1 aliphatic carbocycles. The van der Waals surface area contributed by atoms with E-state index < -0.39 is 0 Å². The molecule has 1 aromatic carbocycles. The minimum Gasteiger partial charge on any atom is -0.461 e. The second-order valence-corrected chi connectivity index (χ2v) is 6.28. The first-order valence-electron chi connectivity index (χ1n) is 8.50. The van der Waals surface area contributed by atoms with Gasteiger partial charge in [0.05, 0.1) is 12.3 Å². The number of nitrogens with one attached hydrogen (secondary N) is 1. The molecule has 1 fully saturated rings. The number of amides is 1. The van der Waals surface area contributed by atoms with E-state index in [0.29, 0.717) is 36.2 Å². The molecule has 1 N–H and O–H groups in total. The van der Waals surface area contributed by atoms with Crippen molar-refractivity contribution in [2.45, 2.75) is 31.7 Å². The van der Waals surface area contributed by atoms with Gasteiger partial charge in [-0.1, -0.05) is 35.5 Å². The summed E-state index contributed by atoms with van der Waals surface area (Å²) < 4.78 is 10.4. The lowest BCUT2D eigenvalue weighted by Gasteiger charge is -2.18. The van der Waals surface area contributed by atoms with Gasteiger partial charge in [-0.05, 0) is 36.5 Å². The lowest BCUT2D eigenvalue weighted by molar-refractivity contribution is -0.122. The van der Waals surface area contributed by atoms with Crippen LogP contribution in [0.1, 0.15) is 36.8 Å². The molecule has 6 nitrogen and oxygen atoms in total. The average molecular weight is 337 g/mol. The normalized spacial score (nSPS) is 15.0. The second kappa shape index (κ2) is 6.93. The molecule has 0 spiro atoms. The van der Waals surface area contributed by atoms with E-state index in [0.717, 1.165) is 18.4 Å². The van der Waals surface area contributed by atoms with Crippen molar-refractivity contribution in [3.05, 3.63) is 60.2 Å². The molecule has 0 aliphatic heterocycles. The number of nitrogens with zero attached hydrogens (tertiary/aromatic N) is 2. The van der Waals surface area contributed by atoms with Gasteiger partial charge in [0.2, 0.25) is 17.6 Å². The molecule has 1 atom stereocenters. The highest BCUT2D eigenvalue weighted by molar-refractivity contribution is 5.76. The van der Waals surface area contributed by atoms with Gasteiger partial charge in [-0.2, -0.15) is 4.98 Å². The van der Waals surface area contributed by atoms with E-state index in [1.165, 1.54) is 0 Å². The van der Waals surface area contributed by atoms with Crippen molar-refractivity contribution in [2.75, 3.05) is 0 Å². The Morgan fingerprint density at radius 2 is 2.04 bits per heavy atom. The first-order chi connectivity index (χ1) is 12.3. The van der Waals surface area contributed by atoms with Gasteiger partial charge in [0.1, 0.15) is 0 Å². The highest BCUT2D eigenvalue weighted by atomic mass is 16.5. The summed E-state index contributed by atoms with van der Waals surface area (Å²) in [5, 5.41) is 7.02. The number of hydrogen-bond donors (Lipinski definition) is 1. The predicted octanol–water partition coefficient (Wildman–Crippen LogP) is 3.53. The van der Waals surface area contributed by atoms with Crippen LogP contribution >= 0.6 is 0 Å². The molecular formula is C19H19N3O3. The van der Waals surface area contributed by atoms with Crippen LogP contribution in [0.4, 0.5) is 0 Å². The monoisotopic (exact) mass is 337 g/mol. The van der Waals surface area contributed by atoms with Gasteiger partial charge >= 0.3 is 0 Å². The number of furan rings is 1. The van der Waals surface area contributed by atoms with Crippen LogP contribution < -0.4 is 5.32 Å². The predicted molar refractivity (Wildman–Crippen MR) is 90.4 cm³/mol. The maximum atomic E-state index is 12.3. The van der Waals surface area contributed by atoms with E-state index in [1.54, 1.807) is 18.4 Å². The molecule has 1 amide bonds. The molecule has 0 bridgehead atoms. The van der Waals surface area contributed by atoms with Crippen molar-refractivity contribution in [2.24, 2.45) is 5.92 Å². The smallest absolute Gasteiger partial charge is 0.238 e. The number of hydrogen-bond acceptors (Lipinski definition) is 5. The number of benzene rings is 1. The third-order valence-corrected chi connectivity index (χ3v) is 4.34. The summed E-state index contributed by atoms with van der Waals surface area (Å²) in [6.07, 6.45) is 4.61. The Morgan fingerprint density at radius 1 is 1.20 bits per heavy atom. The summed E-state index contributed by atoms with van der Waals surface area (Å²) in [5.74, 6) is 1.93. The molecule has 2 aromatic heterocycles. The van der Waals surface area contributed by atoms with Crippen LogP contribution in [0, 0.1) is 5.92 Å². The third-order valence-electron chi connectivity index (χ3n) is 4.34. The Balaban J connectivity index is 1.34. The Kier molecular flexibility index (Phi) is 4.33. The number of carbonyl (C=O) groups excluding carboxylic acids is 1. The summed E-state index contributed by atoms with van der Waals surface area (Å²) in [5.41, 5.74) is 1.16. The van der Waals surface area contributed by atoms with Crippen LogP contribution in [0.25, 0.3) is 11.6 Å². The lowest BCUT2D eigenvalue weighted by Crippen LogP contribution is -2.30. The molecule has 0 saturated heterocycles. The number of carbonyl (C=O) groups is 1. The van der Waals surface area contributed by atoms with Gasteiger partial charge in [-0.15, -0.1) is 0 Å². The van der Waals surface area contributed by atoms with Crippen molar-refractivity contribution in [1.29, 1.82) is 0 Å². The zero-order valence-electron chi connectivity index (χ0n) is 13.7. The number of aromatic nitrogens is 2. The van der Waals surface area contributed by atoms with Gasteiger partial charge in [0.25, 0.3) is 0 Å². The van der Waals surface area contributed by atoms with Crippen molar-refractivity contribution in [3.63, 3.8) is 0 Å². The zero-order chi connectivity index (χ0) is 17.1. The fourth-order valence-corrected chi connectivity index (χ4v) is 2.89. The van der Waals surface area contributed by atoms with Gasteiger partial charge in [0.15, 0.2) is 5.76 Å². The maximum Gasteiger partial charge on any atom is 0.238 e. The SMILES string of the molecule is O=C(CCc1nc(-c2ccco2)no1)NC(c1ccccc1)C1CC1. The first kappa shape index (κ1) is 15.6. The minimum atomic E-state index is -0.00139. The van der Waals surface area contributed by atoms with Crippen LogP contribution in [0.3, 0.4) is 0 Å². The number of rotatable bonds is 7. The lowest BCUT2D eigenvalue weighted by atomic mass is 10.0. The standard InChI is InChI=1S/C19H19N3O3/c23-16(20-18(14-8-9-14)13-5-2-1-3-6-13)10-11-17-21-19(22-25-17)15-7-4-12-24-15/h1-7,12,14,18H,8-11H2,(H,20,23). The van der Waals surface area contributed by atoms with Crippen molar-refractivity contribution in [3.8, 4) is 11.6 Å². The van der Waals surface area contributed by atoms with Gasteiger partial charge < -0.3 is 14.3 Å². The molecule has 1 saturated carbocycles. The molecule has 4 rings (SSSR count).